The lowest BCUT2D eigenvalue weighted by atomic mass is 9.82. The van der Waals surface area contributed by atoms with Crippen molar-refractivity contribution in [2.24, 2.45) is 5.41 Å². The maximum absolute atomic E-state index is 12.1. The van der Waals surface area contributed by atoms with Crippen LogP contribution in [-0.4, -0.2) is 23.8 Å². The number of Topliss-reactive ketones (excluding diaryl/α,β-unsaturated/α-hetero) is 1. The van der Waals surface area contributed by atoms with Gasteiger partial charge in [0.15, 0.2) is 5.78 Å². The maximum atomic E-state index is 12.1. The van der Waals surface area contributed by atoms with Crippen molar-refractivity contribution >= 4 is 11.7 Å². The summed E-state index contributed by atoms with van der Waals surface area (Å²) >= 11 is 0. The van der Waals surface area contributed by atoms with Crippen molar-refractivity contribution in [3.05, 3.63) is 29.8 Å². The minimum atomic E-state index is -0.210. The average Bonchev–Trinajstić information content (AvgIpc) is 2.40. The first-order valence-corrected chi connectivity index (χ1v) is 8.53. The standard InChI is InChI=1S/C20H31NO3/c1-15(22)16-9-11-17(12-10-16)24-13-7-8-18(23)21-20(5,6)14-19(2,3)4/h9-12H,7-8,13-14H2,1-6H3,(H,21,23). The Morgan fingerprint density at radius 1 is 1.04 bits per heavy atom. The number of carbonyl (C=O) groups excluding carboxylic acids is 2. The Kier molecular flexibility index (Phi) is 7.00. The normalized spacial score (nSPS) is 11.9. The molecule has 0 saturated heterocycles. The number of rotatable bonds is 8. The number of ketones is 1. The van der Waals surface area contributed by atoms with Gasteiger partial charge in [-0.05, 0) is 63.3 Å². The summed E-state index contributed by atoms with van der Waals surface area (Å²) in [6, 6.07) is 7.06. The molecule has 0 aromatic heterocycles. The number of hydrogen-bond acceptors (Lipinski definition) is 3. The molecule has 1 aromatic carbocycles. The van der Waals surface area contributed by atoms with Crippen LogP contribution >= 0.6 is 0 Å². The van der Waals surface area contributed by atoms with E-state index in [-0.39, 0.29) is 22.6 Å². The lowest BCUT2D eigenvalue weighted by molar-refractivity contribution is -0.123. The van der Waals surface area contributed by atoms with Gasteiger partial charge >= 0.3 is 0 Å². The summed E-state index contributed by atoms with van der Waals surface area (Å²) in [7, 11) is 0. The Morgan fingerprint density at radius 2 is 1.62 bits per heavy atom. The topological polar surface area (TPSA) is 55.4 Å². The molecule has 0 spiro atoms. The van der Waals surface area contributed by atoms with Crippen LogP contribution in [0.3, 0.4) is 0 Å². The zero-order valence-electron chi connectivity index (χ0n) is 15.9. The smallest absolute Gasteiger partial charge is 0.220 e. The van der Waals surface area contributed by atoms with Crippen LogP contribution in [0.15, 0.2) is 24.3 Å². The highest BCUT2D eigenvalue weighted by Gasteiger charge is 2.26. The van der Waals surface area contributed by atoms with E-state index in [1.807, 2.05) is 0 Å². The van der Waals surface area contributed by atoms with Crippen LogP contribution in [0.1, 0.15) is 71.2 Å². The number of amides is 1. The number of nitrogens with one attached hydrogen (secondary N) is 1. The van der Waals surface area contributed by atoms with Crippen molar-refractivity contribution in [3.63, 3.8) is 0 Å². The Hall–Kier alpha value is -1.84. The van der Waals surface area contributed by atoms with E-state index in [1.165, 1.54) is 6.92 Å². The van der Waals surface area contributed by atoms with Crippen LogP contribution in [0.25, 0.3) is 0 Å². The minimum absolute atomic E-state index is 0.0380. The molecule has 1 N–H and O–H groups in total. The van der Waals surface area contributed by atoms with Crippen LogP contribution in [-0.2, 0) is 4.79 Å². The molecule has 0 aliphatic rings. The summed E-state index contributed by atoms with van der Waals surface area (Å²) in [6.45, 7) is 12.7. The molecule has 4 nitrogen and oxygen atoms in total. The monoisotopic (exact) mass is 333 g/mol. The average molecular weight is 333 g/mol. The highest BCUT2D eigenvalue weighted by atomic mass is 16.5. The fraction of sp³-hybridized carbons (Fsp3) is 0.600. The van der Waals surface area contributed by atoms with Gasteiger partial charge in [0.2, 0.25) is 5.91 Å². The van der Waals surface area contributed by atoms with Crippen molar-refractivity contribution in [2.45, 2.75) is 66.3 Å². The van der Waals surface area contributed by atoms with E-state index in [9.17, 15) is 9.59 Å². The predicted octanol–water partition coefficient (Wildman–Crippen LogP) is 4.38. The van der Waals surface area contributed by atoms with Gasteiger partial charge in [0, 0.05) is 17.5 Å². The fourth-order valence-electron chi connectivity index (χ4n) is 3.02. The van der Waals surface area contributed by atoms with Crippen LogP contribution in [0.5, 0.6) is 5.75 Å². The lowest BCUT2D eigenvalue weighted by Gasteiger charge is -2.33. The number of hydrogen-bond donors (Lipinski definition) is 1. The molecule has 1 amide bonds. The van der Waals surface area contributed by atoms with Gasteiger partial charge in [-0.2, -0.15) is 0 Å². The first kappa shape index (κ1) is 20.2. The molecule has 0 bridgehead atoms. The van der Waals surface area contributed by atoms with Gasteiger partial charge in [0.1, 0.15) is 5.75 Å². The van der Waals surface area contributed by atoms with E-state index in [0.29, 0.717) is 30.8 Å². The molecule has 0 saturated carbocycles. The fourth-order valence-corrected chi connectivity index (χ4v) is 3.02. The lowest BCUT2D eigenvalue weighted by Crippen LogP contribution is -2.45. The number of benzene rings is 1. The predicted molar refractivity (Wildman–Crippen MR) is 97.5 cm³/mol. The molecule has 0 aliphatic heterocycles. The molecule has 0 fully saturated rings. The molecule has 0 atom stereocenters. The third-order valence-electron chi connectivity index (χ3n) is 3.53. The largest absolute Gasteiger partial charge is 0.494 e. The summed E-state index contributed by atoms with van der Waals surface area (Å²) in [4.78, 5) is 23.3. The first-order valence-electron chi connectivity index (χ1n) is 8.53. The van der Waals surface area contributed by atoms with Crippen LogP contribution in [0.2, 0.25) is 0 Å². The van der Waals surface area contributed by atoms with E-state index in [4.69, 9.17) is 4.74 Å². The maximum Gasteiger partial charge on any atom is 0.220 e. The minimum Gasteiger partial charge on any atom is -0.494 e. The Labute approximate surface area is 146 Å². The molecule has 1 aromatic rings. The first-order chi connectivity index (χ1) is 11.0. The number of ether oxygens (including phenoxy) is 1. The van der Waals surface area contributed by atoms with E-state index >= 15 is 0 Å². The molecule has 0 aliphatic carbocycles. The molecular formula is C20H31NO3. The van der Waals surface area contributed by atoms with Crippen molar-refractivity contribution in [2.75, 3.05) is 6.61 Å². The van der Waals surface area contributed by atoms with Gasteiger partial charge in [0.25, 0.3) is 0 Å². The summed E-state index contributed by atoms with van der Waals surface area (Å²) < 4.78 is 5.61. The third-order valence-corrected chi connectivity index (χ3v) is 3.53. The zero-order chi connectivity index (χ0) is 18.4. The molecule has 0 radical (unpaired) electrons. The van der Waals surface area contributed by atoms with Crippen LogP contribution < -0.4 is 10.1 Å². The number of carbonyl (C=O) groups is 2. The Balaban J connectivity index is 2.32. The SMILES string of the molecule is CC(=O)c1ccc(OCCCC(=O)NC(C)(C)CC(C)(C)C)cc1. The van der Waals surface area contributed by atoms with E-state index in [2.05, 4.69) is 39.9 Å². The molecule has 24 heavy (non-hydrogen) atoms. The van der Waals surface area contributed by atoms with Crippen molar-refractivity contribution < 1.29 is 14.3 Å². The van der Waals surface area contributed by atoms with Crippen LogP contribution in [0, 0.1) is 5.41 Å². The molecule has 0 heterocycles. The second kappa shape index (κ2) is 8.32. The summed E-state index contributed by atoms with van der Waals surface area (Å²) in [5.74, 6) is 0.810. The van der Waals surface area contributed by atoms with E-state index < -0.39 is 0 Å². The Bertz CT molecular complexity index is 553. The molecule has 134 valence electrons. The highest BCUT2D eigenvalue weighted by Crippen LogP contribution is 2.26. The van der Waals surface area contributed by atoms with Gasteiger partial charge < -0.3 is 10.1 Å². The van der Waals surface area contributed by atoms with Crippen molar-refractivity contribution in [1.82, 2.24) is 5.32 Å². The molecule has 0 unspecified atom stereocenters. The van der Waals surface area contributed by atoms with E-state index in [0.717, 1.165) is 6.42 Å². The van der Waals surface area contributed by atoms with Crippen LogP contribution in [0.4, 0.5) is 0 Å². The zero-order valence-corrected chi connectivity index (χ0v) is 15.9. The van der Waals surface area contributed by atoms with Gasteiger partial charge in [-0.1, -0.05) is 20.8 Å². The quantitative estimate of drug-likeness (QED) is 0.567. The van der Waals surface area contributed by atoms with Gasteiger partial charge in [-0.15, -0.1) is 0 Å². The third kappa shape index (κ3) is 8.14. The summed E-state index contributed by atoms with van der Waals surface area (Å²) in [5, 5.41) is 3.10. The molecule has 4 heteroatoms. The van der Waals surface area contributed by atoms with E-state index in [1.54, 1.807) is 24.3 Å². The second-order valence-electron chi connectivity index (χ2n) is 8.20. The highest BCUT2D eigenvalue weighted by molar-refractivity contribution is 5.94. The van der Waals surface area contributed by atoms with Gasteiger partial charge in [-0.3, -0.25) is 9.59 Å². The molecule has 1 rings (SSSR count). The second-order valence-corrected chi connectivity index (χ2v) is 8.20. The van der Waals surface area contributed by atoms with Crippen molar-refractivity contribution in [1.29, 1.82) is 0 Å². The molecular weight excluding hydrogens is 302 g/mol. The Morgan fingerprint density at radius 3 is 2.12 bits per heavy atom. The van der Waals surface area contributed by atoms with Gasteiger partial charge in [0.05, 0.1) is 6.61 Å². The summed E-state index contributed by atoms with van der Waals surface area (Å²) in [6.07, 6.45) is 2.02. The van der Waals surface area contributed by atoms with Gasteiger partial charge in [-0.25, -0.2) is 0 Å². The summed E-state index contributed by atoms with van der Waals surface area (Å²) in [5.41, 5.74) is 0.632. The van der Waals surface area contributed by atoms with Crippen molar-refractivity contribution in [3.8, 4) is 5.75 Å².